The number of para-hydroxylation sites is 1. The minimum absolute atomic E-state index is 0.0595. The summed E-state index contributed by atoms with van der Waals surface area (Å²) in [5, 5.41) is 11.5. The summed E-state index contributed by atoms with van der Waals surface area (Å²) in [7, 11) is -2.72. The molecule has 2 N–H and O–H groups in total. The number of esters is 1. The molecule has 0 amide bonds. The van der Waals surface area contributed by atoms with E-state index in [9.17, 15) is 18.3 Å². The maximum Gasteiger partial charge on any atom is 0.308 e. The maximum absolute atomic E-state index is 11.5. The number of carbonyl (C=O) groups is 1. The number of nitrogens with one attached hydrogen (secondary N) is 1. The maximum atomic E-state index is 11.5. The molecular weight excluding hydrogens is 452 g/mol. The third-order valence-electron chi connectivity index (χ3n) is 3.87. The molecule has 0 aliphatic carbocycles. The third kappa shape index (κ3) is 4.51. The highest BCUT2D eigenvalue weighted by atomic mass is 79.9. The first-order valence-electron chi connectivity index (χ1n) is 8.29. The monoisotopic (exact) mass is 468 g/mol. The molecule has 0 saturated carbocycles. The Morgan fingerprint density at radius 2 is 2.07 bits per heavy atom. The lowest BCUT2D eigenvalue weighted by molar-refractivity contribution is -0.132. The lowest BCUT2D eigenvalue weighted by Gasteiger charge is -2.08. The molecule has 2 heterocycles. The van der Waals surface area contributed by atoms with Crippen molar-refractivity contribution in [1.82, 2.24) is 9.71 Å². The fourth-order valence-corrected chi connectivity index (χ4v) is 3.49. The van der Waals surface area contributed by atoms with E-state index in [0.717, 1.165) is 5.39 Å². The molecular formula is C18H17BrN2O6S. The number of pyridine rings is 1. The normalized spacial score (nSPS) is 12.4. The van der Waals surface area contributed by atoms with Crippen LogP contribution in [0.1, 0.15) is 23.9 Å². The van der Waals surface area contributed by atoms with Gasteiger partial charge in [-0.15, -0.1) is 0 Å². The third-order valence-corrected chi connectivity index (χ3v) is 5.22. The first-order chi connectivity index (χ1) is 13.4. The van der Waals surface area contributed by atoms with E-state index in [1.54, 1.807) is 6.07 Å². The smallest absolute Gasteiger partial charge is 0.308 e. The lowest BCUT2D eigenvalue weighted by atomic mass is 10.2. The predicted molar refractivity (Wildman–Crippen MR) is 107 cm³/mol. The number of alkyl halides is 1. The summed E-state index contributed by atoms with van der Waals surface area (Å²) in [6, 6.07) is 11.0. The predicted octanol–water partition coefficient (Wildman–Crippen LogP) is 3.07. The second kappa shape index (κ2) is 8.72. The highest BCUT2D eigenvalue weighted by molar-refractivity contribution is 9.09. The Bertz CT molecular complexity index is 1090. The van der Waals surface area contributed by atoms with Gasteiger partial charge in [0, 0.05) is 18.9 Å². The Morgan fingerprint density at radius 1 is 1.32 bits per heavy atom. The zero-order chi connectivity index (χ0) is 20.3. The largest absolute Gasteiger partial charge is 0.502 e. The molecule has 0 fully saturated rings. The molecule has 1 unspecified atom stereocenters. The second-order valence-corrected chi connectivity index (χ2v) is 7.81. The van der Waals surface area contributed by atoms with Crippen molar-refractivity contribution in [2.24, 2.45) is 0 Å². The van der Waals surface area contributed by atoms with Crippen molar-refractivity contribution in [3.63, 3.8) is 0 Å². The van der Waals surface area contributed by atoms with Crippen LogP contribution < -0.4 is 9.46 Å². The molecule has 0 spiro atoms. The lowest BCUT2D eigenvalue weighted by Crippen LogP contribution is -2.14. The first-order valence-corrected chi connectivity index (χ1v) is 10.4. The van der Waals surface area contributed by atoms with Gasteiger partial charge < -0.3 is 14.3 Å². The van der Waals surface area contributed by atoms with Crippen LogP contribution in [-0.4, -0.2) is 31.0 Å². The van der Waals surface area contributed by atoms with Gasteiger partial charge in [-0.1, -0.05) is 40.2 Å². The van der Waals surface area contributed by atoms with Gasteiger partial charge in [-0.2, -0.15) is 0 Å². The van der Waals surface area contributed by atoms with Crippen LogP contribution in [0.5, 0.6) is 11.5 Å². The van der Waals surface area contributed by atoms with Gasteiger partial charge in [0.05, 0.1) is 10.3 Å². The van der Waals surface area contributed by atoms with E-state index in [1.165, 1.54) is 6.92 Å². The van der Waals surface area contributed by atoms with Gasteiger partial charge in [0.25, 0.3) is 0 Å². The Balaban J connectivity index is 2.01. The fraction of sp³-hybridized carbons (Fsp3) is 0.222. The van der Waals surface area contributed by atoms with E-state index in [2.05, 4.69) is 25.6 Å². The van der Waals surface area contributed by atoms with Gasteiger partial charge in [-0.25, -0.2) is 18.1 Å². The minimum atomic E-state index is -2.72. The van der Waals surface area contributed by atoms with Gasteiger partial charge >= 0.3 is 5.97 Å². The summed E-state index contributed by atoms with van der Waals surface area (Å²) in [6.45, 7) is 1.34. The number of thiol groups is 1. The molecule has 8 nitrogen and oxygen atoms in total. The van der Waals surface area contributed by atoms with Crippen molar-refractivity contribution in [3.8, 4) is 23.0 Å². The van der Waals surface area contributed by atoms with Crippen molar-refractivity contribution in [3.05, 3.63) is 42.2 Å². The quantitative estimate of drug-likeness (QED) is 0.277. The molecule has 0 radical (unpaired) electrons. The molecule has 148 valence electrons. The summed E-state index contributed by atoms with van der Waals surface area (Å²) in [4.78, 5) is 15.4. The zero-order valence-electron chi connectivity index (χ0n) is 14.7. The van der Waals surface area contributed by atoms with E-state index in [1.807, 2.05) is 30.3 Å². The average molecular weight is 469 g/mol. The molecule has 0 saturated heterocycles. The number of aromatic hydroxyl groups is 1. The number of benzene rings is 1. The van der Waals surface area contributed by atoms with Gasteiger partial charge in [-0.05, 0) is 18.6 Å². The minimum Gasteiger partial charge on any atom is -0.502 e. The van der Waals surface area contributed by atoms with Crippen molar-refractivity contribution in [1.29, 1.82) is 0 Å². The van der Waals surface area contributed by atoms with Gasteiger partial charge in [-0.3, -0.25) is 4.79 Å². The van der Waals surface area contributed by atoms with E-state index in [0.29, 0.717) is 17.6 Å². The Kier molecular flexibility index (Phi) is 6.32. The number of halogens is 1. The molecule has 0 aliphatic rings. The number of rotatable bonds is 7. The van der Waals surface area contributed by atoms with Gasteiger partial charge in [0.15, 0.2) is 11.5 Å². The average Bonchev–Trinajstić information content (AvgIpc) is 2.97. The highest BCUT2D eigenvalue weighted by Gasteiger charge is 2.28. The number of fused-ring (bicyclic) bond motifs is 1. The molecule has 28 heavy (non-hydrogen) atoms. The van der Waals surface area contributed by atoms with Crippen LogP contribution in [0, 0.1) is 0 Å². The van der Waals surface area contributed by atoms with E-state index < -0.39 is 21.7 Å². The van der Waals surface area contributed by atoms with Crippen molar-refractivity contribution in [2.75, 3.05) is 6.54 Å². The summed E-state index contributed by atoms with van der Waals surface area (Å²) >= 11 is 3.38. The number of aromatic nitrogens is 1. The van der Waals surface area contributed by atoms with Crippen LogP contribution >= 0.6 is 15.9 Å². The zero-order valence-corrected chi connectivity index (χ0v) is 17.2. The highest BCUT2D eigenvalue weighted by Crippen LogP contribution is 2.47. The van der Waals surface area contributed by atoms with Crippen LogP contribution in [0.3, 0.4) is 0 Å². The topological polar surface area (TPSA) is 119 Å². The molecule has 1 atom stereocenters. The molecule has 3 aromatic rings. The van der Waals surface area contributed by atoms with Crippen LogP contribution in [0.15, 0.2) is 40.8 Å². The number of carbonyl (C=O) groups excluding carboxylic acids is 1. The summed E-state index contributed by atoms with van der Waals surface area (Å²) in [5.74, 6) is -0.869. The number of ether oxygens (including phenoxy) is 1. The molecule has 0 aliphatic heterocycles. The second-order valence-electron chi connectivity index (χ2n) is 5.88. The van der Waals surface area contributed by atoms with Crippen LogP contribution in [0.4, 0.5) is 0 Å². The fourth-order valence-electron chi connectivity index (χ4n) is 2.65. The van der Waals surface area contributed by atoms with Crippen LogP contribution in [0.25, 0.3) is 22.4 Å². The van der Waals surface area contributed by atoms with Crippen LogP contribution in [-0.2, 0) is 15.7 Å². The van der Waals surface area contributed by atoms with Crippen LogP contribution in [0.2, 0.25) is 0 Å². The SMILES string of the molecule is CC(=O)Oc1c(C(Br)CCN[SH](=O)=O)oc(-c2ccc3ccccc3n2)c1O. The molecule has 2 aromatic heterocycles. The number of hydrogen-bond donors (Lipinski definition) is 3. The van der Waals surface area contributed by atoms with Crippen molar-refractivity contribution in [2.45, 2.75) is 18.2 Å². The number of hydrogen-bond acceptors (Lipinski definition) is 7. The summed E-state index contributed by atoms with van der Waals surface area (Å²) < 4.78 is 34.5. The van der Waals surface area contributed by atoms with E-state index >= 15 is 0 Å². The Hall–Kier alpha value is -2.43. The number of furan rings is 1. The first kappa shape index (κ1) is 20.3. The molecule has 3 rings (SSSR count). The summed E-state index contributed by atoms with van der Waals surface area (Å²) in [5.41, 5.74) is 1.08. The van der Waals surface area contributed by atoms with E-state index in [-0.39, 0.29) is 29.6 Å². The number of nitrogens with zero attached hydrogens (tertiary/aromatic N) is 1. The molecule has 0 bridgehead atoms. The standard InChI is InChI=1S/C18H17BrN2O6S/c1-10(22)26-18-15(23)17(27-16(18)12(19)8-9-20-28(24)25)14-7-6-11-4-2-3-5-13(11)21-14/h2-7,12,23,28H,8-9H2,1H3,(H,20,24,25). The molecule has 1 aromatic carbocycles. The van der Waals surface area contributed by atoms with E-state index in [4.69, 9.17) is 9.15 Å². The summed E-state index contributed by atoms with van der Waals surface area (Å²) in [6.07, 6.45) is 0.301. The Morgan fingerprint density at radius 3 is 2.79 bits per heavy atom. The van der Waals surface area contributed by atoms with Crippen molar-refractivity contribution >= 4 is 43.7 Å². The van der Waals surface area contributed by atoms with Gasteiger partial charge in [0.2, 0.25) is 22.4 Å². The van der Waals surface area contributed by atoms with Crippen molar-refractivity contribution < 1.29 is 27.5 Å². The van der Waals surface area contributed by atoms with Gasteiger partial charge in [0.1, 0.15) is 5.69 Å². The Labute approximate surface area is 170 Å². The molecule has 10 heteroatoms.